The molecule has 6 rings (SSSR count). The lowest BCUT2D eigenvalue weighted by Gasteiger charge is -2.38. The monoisotopic (exact) mass is 463 g/mol. The van der Waals surface area contributed by atoms with Gasteiger partial charge in [0.15, 0.2) is 0 Å². The second-order valence-corrected chi connectivity index (χ2v) is 11.1. The Balaban J connectivity index is 1.18. The highest BCUT2D eigenvalue weighted by atomic mass is 19.4. The van der Waals surface area contributed by atoms with Gasteiger partial charge in [-0.05, 0) is 62.5 Å². The second-order valence-electron chi connectivity index (χ2n) is 11.1. The maximum absolute atomic E-state index is 13.9. The van der Waals surface area contributed by atoms with Gasteiger partial charge in [-0.3, -0.25) is 9.78 Å². The van der Waals surface area contributed by atoms with Gasteiger partial charge in [0, 0.05) is 55.5 Å². The summed E-state index contributed by atoms with van der Waals surface area (Å²) in [5, 5.41) is 3.94. The van der Waals surface area contributed by atoms with E-state index >= 15 is 0 Å². The van der Waals surface area contributed by atoms with Crippen molar-refractivity contribution >= 4 is 5.91 Å². The van der Waals surface area contributed by atoms with Gasteiger partial charge < -0.3 is 15.0 Å². The van der Waals surface area contributed by atoms with Crippen LogP contribution in [0.15, 0.2) is 12.3 Å². The van der Waals surface area contributed by atoms with E-state index in [-0.39, 0.29) is 17.9 Å². The van der Waals surface area contributed by atoms with Crippen molar-refractivity contribution in [1.82, 2.24) is 15.2 Å². The van der Waals surface area contributed by atoms with E-state index < -0.39 is 11.7 Å². The molecule has 2 aliphatic heterocycles. The van der Waals surface area contributed by atoms with Gasteiger partial charge in [0.2, 0.25) is 5.91 Å². The van der Waals surface area contributed by atoms with E-state index in [0.29, 0.717) is 47.6 Å². The Kier molecular flexibility index (Phi) is 5.07. The first-order valence-corrected chi connectivity index (χ1v) is 12.5. The molecule has 0 aromatic carbocycles. The molecule has 4 fully saturated rings. The maximum atomic E-state index is 13.9. The number of fused-ring (bicyclic) bond motifs is 2. The normalized spacial score (nSPS) is 34.9. The van der Waals surface area contributed by atoms with Crippen LogP contribution in [-0.4, -0.2) is 47.6 Å². The third-order valence-electron chi connectivity index (χ3n) is 9.23. The number of hydrogen-bond donors (Lipinski definition) is 1. The summed E-state index contributed by atoms with van der Waals surface area (Å²) >= 11 is 0. The number of carbonyl (C=O) groups excluding carboxylic acids is 1. The van der Waals surface area contributed by atoms with E-state index in [0.717, 1.165) is 57.9 Å². The van der Waals surface area contributed by atoms with Gasteiger partial charge in [0.05, 0.1) is 17.6 Å². The molecule has 33 heavy (non-hydrogen) atoms. The number of carbonyl (C=O) groups is 1. The molecule has 1 aromatic rings. The van der Waals surface area contributed by atoms with Crippen molar-refractivity contribution in [2.24, 2.45) is 16.7 Å². The number of nitrogens with zero attached hydrogens (tertiary/aromatic N) is 2. The van der Waals surface area contributed by atoms with E-state index in [4.69, 9.17) is 4.74 Å². The number of aromatic nitrogens is 1. The Labute approximate surface area is 192 Å². The minimum Gasteiger partial charge on any atom is -0.381 e. The summed E-state index contributed by atoms with van der Waals surface area (Å²) in [6.07, 6.45) is 5.44. The zero-order valence-corrected chi connectivity index (χ0v) is 18.9. The second kappa shape index (κ2) is 7.67. The highest BCUT2D eigenvalue weighted by Gasteiger charge is 2.58. The Bertz CT molecular complexity index is 947. The fourth-order valence-corrected chi connectivity index (χ4v) is 7.27. The zero-order chi connectivity index (χ0) is 22.8. The van der Waals surface area contributed by atoms with Gasteiger partial charge in [-0.15, -0.1) is 0 Å². The molecule has 3 heterocycles. The Hall–Kier alpha value is -1.67. The molecule has 1 spiro atoms. The largest absolute Gasteiger partial charge is 0.417 e. The van der Waals surface area contributed by atoms with E-state index in [1.807, 2.05) is 4.90 Å². The number of pyridine rings is 1. The first kappa shape index (κ1) is 21.8. The molecule has 1 N–H and O–H groups in total. The molecule has 8 heteroatoms. The molecule has 4 atom stereocenters. The van der Waals surface area contributed by atoms with E-state index in [9.17, 15) is 18.0 Å². The summed E-state index contributed by atoms with van der Waals surface area (Å²) in [4.78, 5) is 19.8. The molecule has 1 saturated heterocycles. The van der Waals surface area contributed by atoms with Crippen molar-refractivity contribution in [3.05, 3.63) is 29.1 Å². The first-order valence-electron chi connectivity index (χ1n) is 12.5. The van der Waals surface area contributed by atoms with Crippen molar-refractivity contribution in [2.45, 2.75) is 82.6 Å². The van der Waals surface area contributed by atoms with E-state index in [1.165, 1.54) is 18.9 Å². The number of halogens is 3. The van der Waals surface area contributed by atoms with E-state index in [1.54, 1.807) is 0 Å². The molecule has 3 unspecified atom stereocenters. The summed E-state index contributed by atoms with van der Waals surface area (Å²) in [6, 6.07) is 2.01. The molecule has 5 aliphatic rings. The van der Waals surface area contributed by atoms with Crippen LogP contribution in [0.5, 0.6) is 0 Å². The fourth-order valence-electron chi connectivity index (χ4n) is 7.27. The van der Waals surface area contributed by atoms with Gasteiger partial charge in [-0.2, -0.15) is 13.2 Å². The minimum atomic E-state index is -4.42. The van der Waals surface area contributed by atoms with Crippen LogP contribution >= 0.6 is 0 Å². The lowest BCUT2D eigenvalue weighted by molar-refractivity contribution is -0.144. The first-order chi connectivity index (χ1) is 15.8. The van der Waals surface area contributed by atoms with Crippen LogP contribution in [0.3, 0.4) is 0 Å². The van der Waals surface area contributed by atoms with Crippen LogP contribution in [0.25, 0.3) is 0 Å². The Morgan fingerprint density at radius 3 is 2.88 bits per heavy atom. The molecular formula is C25H32F3N3O2. The standard InChI is InChI=1S/C25H32F3N3O2/c26-25(27,28)18-10-16-14-31(8-3-20(16)29-13-18)22(32)24-5-1-2-17(24)11-19(12-24)30-21-4-9-33-15-23(21)6-7-23/h10,13,17,19,21,30H,1-9,11-12,14-15H2/t17?,19?,21-,24?/m1/s1. The number of nitrogens with one attached hydrogen (secondary N) is 1. The average molecular weight is 464 g/mol. The van der Waals surface area contributed by atoms with Gasteiger partial charge in [0.1, 0.15) is 0 Å². The van der Waals surface area contributed by atoms with Crippen LogP contribution in [0.1, 0.15) is 68.2 Å². The highest BCUT2D eigenvalue weighted by Crippen LogP contribution is 2.57. The smallest absolute Gasteiger partial charge is 0.381 e. The average Bonchev–Trinajstić information content (AvgIpc) is 3.30. The van der Waals surface area contributed by atoms with Crippen molar-refractivity contribution in [2.75, 3.05) is 19.8 Å². The van der Waals surface area contributed by atoms with Crippen molar-refractivity contribution < 1.29 is 22.7 Å². The summed E-state index contributed by atoms with van der Waals surface area (Å²) in [5.74, 6) is 0.531. The van der Waals surface area contributed by atoms with Crippen LogP contribution in [0, 0.1) is 16.7 Å². The van der Waals surface area contributed by atoms with Crippen molar-refractivity contribution in [3.63, 3.8) is 0 Å². The molecule has 0 bridgehead atoms. The number of rotatable bonds is 3. The molecule has 3 saturated carbocycles. The maximum Gasteiger partial charge on any atom is 0.417 e. The lowest BCUT2D eigenvalue weighted by Crippen LogP contribution is -2.49. The third-order valence-corrected chi connectivity index (χ3v) is 9.23. The van der Waals surface area contributed by atoms with Crippen LogP contribution < -0.4 is 5.32 Å². The summed E-state index contributed by atoms with van der Waals surface area (Å²) in [7, 11) is 0. The van der Waals surface area contributed by atoms with Crippen molar-refractivity contribution in [1.29, 1.82) is 0 Å². The molecule has 0 radical (unpaired) electrons. The minimum absolute atomic E-state index is 0.158. The number of ether oxygens (including phenoxy) is 1. The number of amides is 1. The van der Waals surface area contributed by atoms with Crippen LogP contribution in [0.2, 0.25) is 0 Å². The highest BCUT2D eigenvalue weighted by molar-refractivity contribution is 5.84. The SMILES string of the molecule is O=C(N1CCc2ncc(C(F)(F)F)cc2C1)C12CCCC1CC(N[C@@H]1CCOCC13CC3)C2. The third kappa shape index (κ3) is 3.68. The molecular weight excluding hydrogens is 431 g/mol. The van der Waals surface area contributed by atoms with Crippen LogP contribution in [0.4, 0.5) is 13.2 Å². The zero-order valence-electron chi connectivity index (χ0n) is 18.9. The summed E-state index contributed by atoms with van der Waals surface area (Å²) < 4.78 is 45.3. The number of alkyl halides is 3. The summed E-state index contributed by atoms with van der Waals surface area (Å²) in [5.41, 5.74) is 0.454. The number of hydrogen-bond acceptors (Lipinski definition) is 4. The fraction of sp³-hybridized carbons (Fsp3) is 0.760. The van der Waals surface area contributed by atoms with Gasteiger partial charge in [-0.25, -0.2) is 0 Å². The Morgan fingerprint density at radius 2 is 2.09 bits per heavy atom. The lowest BCUT2D eigenvalue weighted by atomic mass is 9.78. The Morgan fingerprint density at radius 1 is 1.24 bits per heavy atom. The molecule has 180 valence electrons. The predicted octanol–water partition coefficient (Wildman–Crippen LogP) is 4.09. The molecule has 1 aromatic heterocycles. The van der Waals surface area contributed by atoms with Crippen molar-refractivity contribution in [3.8, 4) is 0 Å². The van der Waals surface area contributed by atoms with Gasteiger partial charge >= 0.3 is 6.18 Å². The summed E-state index contributed by atoms with van der Waals surface area (Å²) in [6.45, 7) is 2.44. The quantitative estimate of drug-likeness (QED) is 0.734. The van der Waals surface area contributed by atoms with Crippen LogP contribution in [-0.2, 0) is 28.7 Å². The van der Waals surface area contributed by atoms with Gasteiger partial charge in [-0.1, -0.05) is 6.42 Å². The molecule has 1 amide bonds. The molecule has 3 aliphatic carbocycles. The predicted molar refractivity (Wildman–Crippen MR) is 115 cm³/mol. The molecule has 5 nitrogen and oxygen atoms in total. The van der Waals surface area contributed by atoms with Gasteiger partial charge in [0.25, 0.3) is 0 Å². The van der Waals surface area contributed by atoms with E-state index in [2.05, 4.69) is 10.3 Å². The topological polar surface area (TPSA) is 54.5 Å².